The molecule has 1 heterocycles. The van der Waals surface area contributed by atoms with E-state index >= 15 is 0 Å². The van der Waals surface area contributed by atoms with Crippen molar-refractivity contribution in [2.45, 2.75) is 39.3 Å². The number of ether oxygens (including phenoxy) is 2. The van der Waals surface area contributed by atoms with Gasteiger partial charge in [0.05, 0.1) is 7.11 Å². The van der Waals surface area contributed by atoms with E-state index in [0.717, 1.165) is 0 Å². The summed E-state index contributed by atoms with van der Waals surface area (Å²) < 4.78 is 11.9. The van der Waals surface area contributed by atoms with Gasteiger partial charge in [-0.2, -0.15) is 5.10 Å². The molecule has 1 aromatic rings. The number of halogens is 1. The normalized spacial score (nSPS) is 11.1. The highest BCUT2D eigenvalue weighted by Crippen LogP contribution is 2.12. The number of esters is 1. The molecule has 0 radical (unpaired) electrons. The monoisotopic (exact) mass is 361 g/mol. The van der Waals surface area contributed by atoms with Gasteiger partial charge in [-0.3, -0.25) is 4.68 Å². The van der Waals surface area contributed by atoms with Crippen molar-refractivity contribution < 1.29 is 19.1 Å². The average molecular weight is 362 g/mol. The molecule has 0 aliphatic carbocycles. The maximum atomic E-state index is 11.6. The lowest BCUT2D eigenvalue weighted by molar-refractivity contribution is 0.0522. The standard InChI is InChI=1S/C13H20BrN3O4/c1-13(2,3)21-12(19)15-6-5-7-17-9(11(18)20-4)8-10(14)16-17/h8H,5-7H2,1-4H3,(H,15,19). The number of rotatable bonds is 5. The van der Waals surface area contributed by atoms with E-state index in [1.54, 1.807) is 26.8 Å². The molecular formula is C13H20BrN3O4. The van der Waals surface area contributed by atoms with Crippen LogP contribution in [0.25, 0.3) is 0 Å². The topological polar surface area (TPSA) is 82.5 Å². The number of nitrogens with one attached hydrogen (secondary N) is 1. The fraction of sp³-hybridized carbons (Fsp3) is 0.615. The van der Waals surface area contributed by atoms with Crippen molar-refractivity contribution in [3.05, 3.63) is 16.4 Å². The average Bonchev–Trinajstić information content (AvgIpc) is 2.73. The van der Waals surface area contributed by atoms with E-state index in [1.807, 2.05) is 0 Å². The smallest absolute Gasteiger partial charge is 0.407 e. The van der Waals surface area contributed by atoms with Crippen LogP contribution in [-0.2, 0) is 16.0 Å². The second-order valence-electron chi connectivity index (χ2n) is 5.35. The molecule has 0 saturated heterocycles. The first kappa shape index (κ1) is 17.5. The highest BCUT2D eigenvalue weighted by Gasteiger charge is 2.16. The molecule has 0 spiro atoms. The van der Waals surface area contributed by atoms with E-state index in [9.17, 15) is 9.59 Å². The molecule has 7 nitrogen and oxygen atoms in total. The molecular weight excluding hydrogens is 342 g/mol. The van der Waals surface area contributed by atoms with Gasteiger partial charge in [0.25, 0.3) is 0 Å². The van der Waals surface area contributed by atoms with Crippen LogP contribution in [0.15, 0.2) is 10.7 Å². The number of hydrogen-bond donors (Lipinski definition) is 1. The molecule has 0 atom stereocenters. The van der Waals surface area contributed by atoms with Crippen molar-refractivity contribution in [1.82, 2.24) is 15.1 Å². The van der Waals surface area contributed by atoms with Crippen LogP contribution in [0.3, 0.4) is 0 Å². The summed E-state index contributed by atoms with van der Waals surface area (Å²) >= 11 is 3.22. The second kappa shape index (κ2) is 7.44. The zero-order valence-electron chi connectivity index (χ0n) is 12.6. The lowest BCUT2D eigenvalue weighted by atomic mass is 10.2. The first-order chi connectivity index (χ1) is 9.73. The highest BCUT2D eigenvalue weighted by molar-refractivity contribution is 9.10. The van der Waals surface area contributed by atoms with Crippen molar-refractivity contribution in [3.8, 4) is 0 Å². The largest absolute Gasteiger partial charge is 0.464 e. The predicted molar refractivity (Wildman–Crippen MR) is 80.1 cm³/mol. The Kier molecular flexibility index (Phi) is 6.19. The van der Waals surface area contributed by atoms with Gasteiger partial charge in [0.15, 0.2) is 0 Å². The molecule has 21 heavy (non-hydrogen) atoms. The quantitative estimate of drug-likeness (QED) is 0.642. The minimum Gasteiger partial charge on any atom is -0.464 e. The SMILES string of the molecule is COC(=O)c1cc(Br)nn1CCCNC(=O)OC(C)(C)C. The van der Waals surface area contributed by atoms with Crippen LogP contribution >= 0.6 is 15.9 Å². The third-order valence-electron chi connectivity index (χ3n) is 2.36. The third-order valence-corrected chi connectivity index (χ3v) is 2.75. The second-order valence-corrected chi connectivity index (χ2v) is 6.16. The predicted octanol–water partition coefficient (Wildman–Crippen LogP) is 2.35. The van der Waals surface area contributed by atoms with E-state index in [4.69, 9.17) is 4.74 Å². The highest BCUT2D eigenvalue weighted by atomic mass is 79.9. The summed E-state index contributed by atoms with van der Waals surface area (Å²) in [4.78, 5) is 23.0. The van der Waals surface area contributed by atoms with E-state index < -0.39 is 17.7 Å². The number of methoxy groups -OCH3 is 1. The van der Waals surface area contributed by atoms with Crippen molar-refractivity contribution in [3.63, 3.8) is 0 Å². The summed E-state index contributed by atoms with van der Waals surface area (Å²) in [6, 6.07) is 1.59. The molecule has 0 aliphatic heterocycles. The molecule has 1 rings (SSSR count). The number of alkyl carbamates (subject to hydrolysis) is 1. The van der Waals surface area contributed by atoms with E-state index in [0.29, 0.717) is 29.8 Å². The van der Waals surface area contributed by atoms with Crippen LogP contribution in [0.5, 0.6) is 0 Å². The van der Waals surface area contributed by atoms with Gasteiger partial charge in [-0.25, -0.2) is 9.59 Å². The van der Waals surface area contributed by atoms with E-state index in [1.165, 1.54) is 11.8 Å². The molecule has 8 heteroatoms. The molecule has 0 bridgehead atoms. The van der Waals surface area contributed by atoms with Gasteiger partial charge in [-0.05, 0) is 43.1 Å². The third kappa shape index (κ3) is 6.16. The Hall–Kier alpha value is -1.57. The van der Waals surface area contributed by atoms with Crippen LogP contribution in [0, 0.1) is 0 Å². The summed E-state index contributed by atoms with van der Waals surface area (Å²) in [6.07, 6.45) is 0.148. The summed E-state index contributed by atoms with van der Waals surface area (Å²) in [5.41, 5.74) is -0.156. The number of amides is 1. The molecule has 0 fully saturated rings. The van der Waals surface area contributed by atoms with Gasteiger partial charge in [0, 0.05) is 19.2 Å². The Bertz CT molecular complexity index is 508. The van der Waals surface area contributed by atoms with E-state index in [-0.39, 0.29) is 0 Å². The van der Waals surface area contributed by atoms with Crippen molar-refractivity contribution in [1.29, 1.82) is 0 Å². The number of hydrogen-bond acceptors (Lipinski definition) is 5. The zero-order valence-corrected chi connectivity index (χ0v) is 14.2. The molecule has 0 unspecified atom stereocenters. The van der Waals surface area contributed by atoms with Gasteiger partial charge < -0.3 is 14.8 Å². The Balaban J connectivity index is 2.43. The van der Waals surface area contributed by atoms with Gasteiger partial charge in [-0.15, -0.1) is 0 Å². The van der Waals surface area contributed by atoms with Crippen LogP contribution in [-0.4, -0.2) is 41.1 Å². The van der Waals surface area contributed by atoms with Crippen LogP contribution < -0.4 is 5.32 Å². The summed E-state index contributed by atoms with van der Waals surface area (Å²) in [5.74, 6) is -0.451. The molecule has 0 aliphatic rings. The summed E-state index contributed by atoms with van der Waals surface area (Å²) in [7, 11) is 1.32. The first-order valence-corrected chi connectivity index (χ1v) is 7.31. The Morgan fingerprint density at radius 3 is 2.67 bits per heavy atom. The Morgan fingerprint density at radius 2 is 2.10 bits per heavy atom. The van der Waals surface area contributed by atoms with Crippen LogP contribution in [0.4, 0.5) is 4.79 Å². The van der Waals surface area contributed by atoms with Gasteiger partial charge in [0.1, 0.15) is 15.9 Å². The van der Waals surface area contributed by atoms with Gasteiger partial charge >= 0.3 is 12.1 Å². The molecule has 0 saturated carbocycles. The van der Waals surface area contributed by atoms with Crippen molar-refractivity contribution in [2.24, 2.45) is 0 Å². The Labute approximate surface area is 132 Å². The molecule has 1 N–H and O–H groups in total. The van der Waals surface area contributed by atoms with Gasteiger partial charge in [0.2, 0.25) is 0 Å². The molecule has 1 amide bonds. The maximum Gasteiger partial charge on any atom is 0.407 e. The van der Waals surface area contributed by atoms with Crippen LogP contribution in [0.2, 0.25) is 0 Å². The summed E-state index contributed by atoms with van der Waals surface area (Å²) in [5, 5.41) is 6.79. The fourth-order valence-corrected chi connectivity index (χ4v) is 1.97. The molecule has 118 valence electrons. The minimum atomic E-state index is -0.519. The number of aromatic nitrogens is 2. The maximum absolute atomic E-state index is 11.6. The van der Waals surface area contributed by atoms with Crippen molar-refractivity contribution in [2.75, 3.05) is 13.7 Å². The lowest BCUT2D eigenvalue weighted by Crippen LogP contribution is -2.33. The number of carbonyl (C=O) groups excluding carboxylic acids is 2. The molecule has 1 aromatic heterocycles. The lowest BCUT2D eigenvalue weighted by Gasteiger charge is -2.19. The van der Waals surface area contributed by atoms with E-state index in [2.05, 4.69) is 31.1 Å². The number of carbonyl (C=O) groups is 2. The zero-order chi connectivity index (χ0) is 16.0. The Morgan fingerprint density at radius 1 is 1.43 bits per heavy atom. The minimum absolute atomic E-state index is 0.363. The first-order valence-electron chi connectivity index (χ1n) is 6.51. The number of aryl methyl sites for hydroxylation is 1. The van der Waals surface area contributed by atoms with Crippen LogP contribution in [0.1, 0.15) is 37.7 Å². The summed E-state index contributed by atoms with van der Waals surface area (Å²) in [6.45, 7) is 6.31. The van der Waals surface area contributed by atoms with Crippen molar-refractivity contribution >= 4 is 28.0 Å². The fourth-order valence-electron chi connectivity index (χ4n) is 1.56. The molecule has 0 aromatic carbocycles. The number of nitrogens with zero attached hydrogens (tertiary/aromatic N) is 2. The van der Waals surface area contributed by atoms with Gasteiger partial charge in [-0.1, -0.05) is 0 Å².